The number of rotatable bonds is 5. The second-order valence-corrected chi connectivity index (χ2v) is 8.61. The van der Waals surface area contributed by atoms with Gasteiger partial charge >= 0.3 is 6.03 Å². The summed E-state index contributed by atoms with van der Waals surface area (Å²) in [6, 6.07) is 16.5. The molecule has 0 aromatic heterocycles. The summed E-state index contributed by atoms with van der Waals surface area (Å²) in [5, 5.41) is 0. The molecule has 1 saturated heterocycles. The Morgan fingerprint density at radius 1 is 1.06 bits per heavy atom. The molecule has 3 aliphatic rings. The summed E-state index contributed by atoms with van der Waals surface area (Å²) in [4.78, 5) is 50.5. The van der Waals surface area contributed by atoms with Crippen molar-refractivity contribution in [3.63, 3.8) is 0 Å². The number of amides is 4. The van der Waals surface area contributed by atoms with E-state index in [1.165, 1.54) is 4.90 Å². The summed E-state index contributed by atoms with van der Waals surface area (Å²) in [7, 11) is 5.53. The van der Waals surface area contributed by atoms with Crippen molar-refractivity contribution in [3.8, 4) is 0 Å². The van der Waals surface area contributed by atoms with E-state index >= 15 is 0 Å². The Kier molecular flexibility index (Phi) is 5.00. The fourth-order valence-corrected chi connectivity index (χ4v) is 4.50. The molecule has 174 valence electrons. The third-order valence-electron chi connectivity index (χ3n) is 6.22. The fraction of sp³-hybridized carbons (Fsp3) is 0.250. The molecule has 10 heteroatoms. The Morgan fingerprint density at radius 3 is 2.35 bits per heavy atom. The first-order valence-corrected chi connectivity index (χ1v) is 10.9. The lowest BCUT2D eigenvalue weighted by atomic mass is 10.1. The Balaban J connectivity index is 1.59. The van der Waals surface area contributed by atoms with E-state index in [-0.39, 0.29) is 0 Å². The molecule has 3 aliphatic heterocycles. The number of hydrogen-bond acceptors (Lipinski definition) is 7. The average Bonchev–Trinajstić information content (AvgIpc) is 3.37. The van der Waals surface area contributed by atoms with E-state index in [9.17, 15) is 14.4 Å². The van der Waals surface area contributed by atoms with Crippen molar-refractivity contribution < 1.29 is 14.4 Å². The quantitative estimate of drug-likeness (QED) is 0.723. The van der Waals surface area contributed by atoms with Gasteiger partial charge in [-0.3, -0.25) is 24.3 Å². The lowest BCUT2D eigenvalue weighted by Crippen LogP contribution is -2.65. The van der Waals surface area contributed by atoms with Crippen LogP contribution in [0.4, 0.5) is 16.2 Å². The number of imide groups is 1. The van der Waals surface area contributed by atoms with Crippen molar-refractivity contribution in [1.82, 2.24) is 14.7 Å². The maximum Gasteiger partial charge on any atom is 0.328 e. The number of benzene rings is 2. The van der Waals surface area contributed by atoms with E-state index in [0.717, 1.165) is 27.5 Å². The van der Waals surface area contributed by atoms with Gasteiger partial charge in [-0.05, 0) is 24.3 Å². The predicted molar refractivity (Wildman–Crippen MR) is 129 cm³/mol. The van der Waals surface area contributed by atoms with Gasteiger partial charge in [-0.1, -0.05) is 30.3 Å². The van der Waals surface area contributed by atoms with Gasteiger partial charge in [0.15, 0.2) is 12.2 Å². The summed E-state index contributed by atoms with van der Waals surface area (Å²) in [5.74, 6) is -0.711. The van der Waals surface area contributed by atoms with Gasteiger partial charge in [-0.2, -0.15) is 0 Å². The second kappa shape index (κ2) is 7.91. The van der Waals surface area contributed by atoms with Crippen LogP contribution in [0.15, 0.2) is 65.8 Å². The zero-order valence-electron chi connectivity index (χ0n) is 19.1. The van der Waals surface area contributed by atoms with Gasteiger partial charge in [0.25, 0.3) is 5.91 Å². The van der Waals surface area contributed by atoms with Gasteiger partial charge in [0.05, 0.1) is 5.70 Å². The predicted octanol–water partition coefficient (Wildman–Crippen LogP) is 1.32. The highest BCUT2D eigenvalue weighted by molar-refractivity contribution is 6.16. The number of nitrogens with two attached hydrogens (primary N) is 1. The van der Waals surface area contributed by atoms with Crippen LogP contribution in [0.5, 0.6) is 0 Å². The standard InChI is InChI=1S/C24H25N7O3/c1-27(2)16-9-11-17(12-10-16)31-18(15-7-5-4-6-8-15)13-29-20-21(26-23(29)31)28(3)24(34)30(22(20)33)14-19(25)32/h4-13,20-21H,14H2,1-3H3,(H2,25,32). The molecule has 10 nitrogen and oxygen atoms in total. The summed E-state index contributed by atoms with van der Waals surface area (Å²) in [6.07, 6.45) is 1.17. The van der Waals surface area contributed by atoms with Crippen molar-refractivity contribution in [1.29, 1.82) is 0 Å². The number of urea groups is 1. The molecule has 2 aromatic rings. The first-order valence-electron chi connectivity index (χ1n) is 10.9. The van der Waals surface area contributed by atoms with Crippen molar-refractivity contribution in [2.75, 3.05) is 37.5 Å². The zero-order valence-corrected chi connectivity index (χ0v) is 19.1. The molecule has 2 aromatic carbocycles. The van der Waals surface area contributed by atoms with Crippen LogP contribution in [0.1, 0.15) is 5.56 Å². The van der Waals surface area contributed by atoms with Crippen molar-refractivity contribution in [2.45, 2.75) is 12.2 Å². The molecule has 0 aliphatic carbocycles. The van der Waals surface area contributed by atoms with E-state index in [1.54, 1.807) is 11.9 Å². The van der Waals surface area contributed by atoms with Gasteiger partial charge < -0.3 is 15.5 Å². The minimum Gasteiger partial charge on any atom is -0.378 e. The van der Waals surface area contributed by atoms with Crippen LogP contribution >= 0.6 is 0 Å². The lowest BCUT2D eigenvalue weighted by Gasteiger charge is -2.39. The Labute approximate surface area is 197 Å². The number of anilines is 2. The number of aliphatic imine (C=N–C) groups is 1. The van der Waals surface area contributed by atoms with E-state index in [2.05, 4.69) is 0 Å². The van der Waals surface area contributed by atoms with E-state index in [1.807, 2.05) is 84.7 Å². The highest BCUT2D eigenvalue weighted by Crippen LogP contribution is 2.40. The maximum atomic E-state index is 13.3. The van der Waals surface area contributed by atoms with Crippen LogP contribution < -0.4 is 15.5 Å². The van der Waals surface area contributed by atoms with Crippen LogP contribution in [0.3, 0.4) is 0 Å². The largest absolute Gasteiger partial charge is 0.378 e. The molecule has 2 atom stereocenters. The van der Waals surface area contributed by atoms with E-state index in [0.29, 0.717) is 5.96 Å². The first-order chi connectivity index (χ1) is 16.3. The molecule has 1 fully saturated rings. The van der Waals surface area contributed by atoms with Crippen molar-refractivity contribution in [3.05, 3.63) is 66.4 Å². The molecule has 2 N–H and O–H groups in total. The molecule has 0 bridgehead atoms. The smallest absolute Gasteiger partial charge is 0.328 e. The summed E-state index contributed by atoms with van der Waals surface area (Å²) in [5.41, 5.74) is 9.02. The summed E-state index contributed by atoms with van der Waals surface area (Å²) >= 11 is 0. The molecular formula is C24H25N7O3. The first kappa shape index (κ1) is 21.5. The lowest BCUT2D eigenvalue weighted by molar-refractivity contribution is -0.139. The van der Waals surface area contributed by atoms with Crippen LogP contribution in [-0.4, -0.2) is 78.4 Å². The average molecular weight is 460 g/mol. The topological polar surface area (TPSA) is 106 Å². The van der Waals surface area contributed by atoms with Gasteiger partial charge in [-0.15, -0.1) is 0 Å². The van der Waals surface area contributed by atoms with Crippen LogP contribution in [-0.2, 0) is 9.59 Å². The van der Waals surface area contributed by atoms with Gasteiger partial charge in [-0.25, -0.2) is 9.79 Å². The van der Waals surface area contributed by atoms with Crippen molar-refractivity contribution >= 4 is 40.9 Å². The molecule has 0 saturated carbocycles. The van der Waals surface area contributed by atoms with Gasteiger partial charge in [0.1, 0.15) is 6.54 Å². The third-order valence-corrected chi connectivity index (χ3v) is 6.22. The minimum atomic E-state index is -0.790. The number of carbonyl (C=O) groups is 3. The number of carbonyl (C=O) groups excluding carboxylic acids is 3. The number of primary amides is 1. The van der Waals surface area contributed by atoms with Crippen LogP contribution in [0.2, 0.25) is 0 Å². The van der Waals surface area contributed by atoms with E-state index in [4.69, 9.17) is 10.7 Å². The minimum absolute atomic E-state index is 0.473. The molecule has 5 rings (SSSR count). The highest BCUT2D eigenvalue weighted by Gasteiger charge is 2.55. The molecule has 3 heterocycles. The number of fused-ring (bicyclic) bond motifs is 3. The Hall–Kier alpha value is -4.34. The fourth-order valence-electron chi connectivity index (χ4n) is 4.50. The normalized spacial score (nSPS) is 21.4. The maximum absolute atomic E-state index is 13.3. The van der Waals surface area contributed by atoms with E-state index < -0.39 is 36.6 Å². The number of nitrogens with zero attached hydrogens (tertiary/aromatic N) is 6. The monoisotopic (exact) mass is 459 g/mol. The third kappa shape index (κ3) is 3.26. The molecular weight excluding hydrogens is 434 g/mol. The highest BCUT2D eigenvalue weighted by atomic mass is 16.2. The second-order valence-electron chi connectivity index (χ2n) is 8.61. The Morgan fingerprint density at radius 2 is 1.74 bits per heavy atom. The van der Waals surface area contributed by atoms with Gasteiger partial charge in [0.2, 0.25) is 11.9 Å². The number of guanidine groups is 1. The summed E-state index contributed by atoms with van der Waals surface area (Å²) < 4.78 is 0. The molecule has 34 heavy (non-hydrogen) atoms. The molecule has 4 amide bonds. The van der Waals surface area contributed by atoms with Crippen LogP contribution in [0.25, 0.3) is 5.70 Å². The molecule has 0 spiro atoms. The Bertz CT molecular complexity index is 1220. The van der Waals surface area contributed by atoms with Crippen LogP contribution in [0, 0.1) is 0 Å². The van der Waals surface area contributed by atoms with Crippen molar-refractivity contribution in [2.24, 2.45) is 10.7 Å². The zero-order chi connectivity index (χ0) is 24.1. The molecule has 0 radical (unpaired) electrons. The molecule has 2 unspecified atom stereocenters. The summed E-state index contributed by atoms with van der Waals surface area (Å²) in [6.45, 7) is -0.473. The SMILES string of the molecule is CN(C)c1ccc(N2C(c3ccccc3)=CN3C2=NC2C3C(=O)N(CC(N)=O)C(=O)N2C)cc1. The van der Waals surface area contributed by atoms with Gasteiger partial charge in [0, 0.05) is 44.3 Å². The number of hydrogen-bond donors (Lipinski definition) is 1. The number of likely N-dealkylation sites (N-methyl/N-ethyl adjacent to an activating group) is 1.